The third kappa shape index (κ3) is 4.10. The molecular weight excluding hydrogens is 222 g/mol. The molecule has 0 saturated carbocycles. The van der Waals surface area contributed by atoms with Gasteiger partial charge in [0.05, 0.1) is 0 Å². The molecule has 0 radical (unpaired) electrons. The SMILES string of the molecule is CCCN(SCc1cccnc1)C(=O)NC. The Hall–Kier alpha value is -1.23. The van der Waals surface area contributed by atoms with Crippen LogP contribution in [0.2, 0.25) is 0 Å². The fourth-order valence-electron chi connectivity index (χ4n) is 1.19. The Bertz CT molecular complexity index is 318. The lowest BCUT2D eigenvalue weighted by Crippen LogP contribution is -2.33. The maximum Gasteiger partial charge on any atom is 0.327 e. The van der Waals surface area contributed by atoms with Crippen molar-refractivity contribution >= 4 is 18.0 Å². The van der Waals surface area contributed by atoms with Crippen LogP contribution in [0.25, 0.3) is 0 Å². The standard InChI is InChI=1S/C11H17N3OS/c1-3-7-14(11(15)12-2)16-9-10-5-4-6-13-8-10/h4-6,8H,3,7,9H2,1-2H3,(H,12,15). The van der Waals surface area contributed by atoms with Gasteiger partial charge < -0.3 is 5.32 Å². The second-order valence-corrected chi connectivity index (χ2v) is 4.28. The number of pyridine rings is 1. The summed E-state index contributed by atoms with van der Waals surface area (Å²) in [5.41, 5.74) is 1.12. The summed E-state index contributed by atoms with van der Waals surface area (Å²) in [6, 6.07) is 3.87. The number of aromatic nitrogens is 1. The molecule has 4 nitrogen and oxygen atoms in total. The van der Waals surface area contributed by atoms with E-state index in [0.717, 1.165) is 24.3 Å². The van der Waals surface area contributed by atoms with Crippen molar-refractivity contribution in [2.24, 2.45) is 0 Å². The topological polar surface area (TPSA) is 45.2 Å². The zero-order valence-electron chi connectivity index (χ0n) is 9.64. The minimum Gasteiger partial charge on any atom is -0.340 e. The summed E-state index contributed by atoms with van der Waals surface area (Å²) in [5, 5.41) is 2.64. The van der Waals surface area contributed by atoms with Crippen LogP contribution in [0.15, 0.2) is 24.5 Å². The van der Waals surface area contributed by atoms with Gasteiger partial charge in [-0.3, -0.25) is 9.29 Å². The number of rotatable bonds is 5. The average Bonchev–Trinajstić information content (AvgIpc) is 2.34. The van der Waals surface area contributed by atoms with Crippen molar-refractivity contribution in [3.63, 3.8) is 0 Å². The molecule has 0 aliphatic heterocycles. The van der Waals surface area contributed by atoms with Crippen LogP contribution in [0.3, 0.4) is 0 Å². The van der Waals surface area contributed by atoms with Gasteiger partial charge in [0.1, 0.15) is 0 Å². The van der Waals surface area contributed by atoms with Gasteiger partial charge in [0, 0.05) is 31.7 Å². The first kappa shape index (κ1) is 12.8. The Balaban J connectivity index is 2.47. The van der Waals surface area contributed by atoms with E-state index >= 15 is 0 Å². The maximum absolute atomic E-state index is 11.5. The molecule has 1 heterocycles. The Labute approximate surface area is 101 Å². The van der Waals surface area contributed by atoms with Crippen LogP contribution < -0.4 is 5.32 Å². The van der Waals surface area contributed by atoms with E-state index in [1.807, 2.05) is 18.3 Å². The van der Waals surface area contributed by atoms with Gasteiger partial charge in [0.2, 0.25) is 0 Å². The first-order valence-electron chi connectivity index (χ1n) is 5.29. The van der Waals surface area contributed by atoms with E-state index < -0.39 is 0 Å². The summed E-state index contributed by atoms with van der Waals surface area (Å²) in [5.74, 6) is 0.765. The zero-order valence-corrected chi connectivity index (χ0v) is 10.5. The summed E-state index contributed by atoms with van der Waals surface area (Å²) in [6.45, 7) is 2.81. The summed E-state index contributed by atoms with van der Waals surface area (Å²) >= 11 is 1.51. The molecule has 2 amide bonds. The summed E-state index contributed by atoms with van der Waals surface area (Å²) in [6.07, 6.45) is 4.52. The molecule has 0 bridgehead atoms. The van der Waals surface area contributed by atoms with E-state index in [2.05, 4.69) is 17.2 Å². The monoisotopic (exact) mass is 239 g/mol. The molecule has 88 valence electrons. The molecule has 0 aliphatic rings. The van der Waals surface area contributed by atoms with Gasteiger partial charge in [-0.1, -0.05) is 13.0 Å². The van der Waals surface area contributed by atoms with E-state index in [-0.39, 0.29) is 6.03 Å². The number of hydrogen-bond acceptors (Lipinski definition) is 3. The van der Waals surface area contributed by atoms with E-state index in [0.29, 0.717) is 0 Å². The molecule has 0 unspecified atom stereocenters. The fraction of sp³-hybridized carbons (Fsp3) is 0.455. The number of nitrogens with one attached hydrogen (secondary N) is 1. The molecule has 5 heteroatoms. The number of nitrogens with zero attached hydrogens (tertiary/aromatic N) is 2. The molecule has 1 N–H and O–H groups in total. The molecule has 1 aromatic heterocycles. The summed E-state index contributed by atoms with van der Waals surface area (Å²) in [7, 11) is 1.65. The first-order chi connectivity index (χ1) is 7.77. The lowest BCUT2D eigenvalue weighted by Gasteiger charge is -2.19. The van der Waals surface area contributed by atoms with Gasteiger partial charge in [0.25, 0.3) is 0 Å². The predicted molar refractivity (Wildman–Crippen MR) is 67.0 cm³/mol. The molecule has 0 fully saturated rings. The third-order valence-electron chi connectivity index (χ3n) is 1.98. The largest absolute Gasteiger partial charge is 0.340 e. The van der Waals surface area contributed by atoms with Gasteiger partial charge in [-0.2, -0.15) is 0 Å². The van der Waals surface area contributed by atoms with Crippen molar-refractivity contribution in [2.75, 3.05) is 13.6 Å². The van der Waals surface area contributed by atoms with E-state index in [1.165, 1.54) is 11.9 Å². The van der Waals surface area contributed by atoms with E-state index in [9.17, 15) is 4.79 Å². The van der Waals surface area contributed by atoms with Crippen LogP contribution in [-0.4, -0.2) is 28.9 Å². The minimum absolute atomic E-state index is 0.0456. The number of hydrogen-bond donors (Lipinski definition) is 1. The van der Waals surface area contributed by atoms with E-state index in [1.54, 1.807) is 17.5 Å². The lowest BCUT2D eigenvalue weighted by molar-refractivity contribution is 0.228. The number of carbonyl (C=O) groups is 1. The Morgan fingerprint density at radius 1 is 1.62 bits per heavy atom. The predicted octanol–water partition coefficient (Wildman–Crippen LogP) is 2.28. The van der Waals surface area contributed by atoms with Gasteiger partial charge in [0.15, 0.2) is 0 Å². The van der Waals surface area contributed by atoms with Gasteiger partial charge >= 0.3 is 6.03 Å². The van der Waals surface area contributed by atoms with Crippen LogP contribution in [-0.2, 0) is 5.75 Å². The lowest BCUT2D eigenvalue weighted by atomic mass is 10.3. The van der Waals surface area contributed by atoms with Crippen molar-refractivity contribution in [1.29, 1.82) is 0 Å². The Kier molecular flexibility index (Phi) is 5.71. The number of amides is 2. The Morgan fingerprint density at radius 3 is 3.00 bits per heavy atom. The molecule has 0 spiro atoms. The van der Waals surface area contributed by atoms with E-state index in [4.69, 9.17) is 0 Å². The second-order valence-electron chi connectivity index (χ2n) is 3.29. The maximum atomic E-state index is 11.5. The molecule has 0 atom stereocenters. The summed E-state index contributed by atoms with van der Waals surface area (Å²) in [4.78, 5) is 15.5. The first-order valence-corrected chi connectivity index (χ1v) is 6.23. The minimum atomic E-state index is -0.0456. The van der Waals surface area contributed by atoms with Crippen molar-refractivity contribution in [2.45, 2.75) is 19.1 Å². The van der Waals surface area contributed by atoms with Crippen molar-refractivity contribution < 1.29 is 4.79 Å². The summed E-state index contributed by atoms with van der Waals surface area (Å²) < 4.78 is 1.74. The number of urea groups is 1. The van der Waals surface area contributed by atoms with Crippen molar-refractivity contribution in [1.82, 2.24) is 14.6 Å². The fourth-order valence-corrected chi connectivity index (χ4v) is 2.18. The van der Waals surface area contributed by atoms with Crippen LogP contribution in [0.5, 0.6) is 0 Å². The second kappa shape index (κ2) is 7.11. The zero-order chi connectivity index (χ0) is 11.8. The molecule has 0 aliphatic carbocycles. The Morgan fingerprint density at radius 2 is 2.44 bits per heavy atom. The van der Waals surface area contributed by atoms with Gasteiger partial charge in [-0.25, -0.2) is 4.79 Å². The molecule has 0 saturated heterocycles. The highest BCUT2D eigenvalue weighted by Gasteiger charge is 2.11. The van der Waals surface area contributed by atoms with Gasteiger partial charge in [-0.15, -0.1) is 0 Å². The van der Waals surface area contributed by atoms with Crippen LogP contribution >= 0.6 is 11.9 Å². The number of carbonyl (C=O) groups excluding carboxylic acids is 1. The molecule has 0 aromatic carbocycles. The molecule has 1 rings (SSSR count). The van der Waals surface area contributed by atoms with Crippen LogP contribution in [0.4, 0.5) is 4.79 Å². The van der Waals surface area contributed by atoms with Crippen LogP contribution in [0, 0.1) is 0 Å². The van der Waals surface area contributed by atoms with Crippen molar-refractivity contribution in [3.05, 3.63) is 30.1 Å². The molecule has 1 aromatic rings. The highest BCUT2D eigenvalue weighted by Crippen LogP contribution is 2.16. The highest BCUT2D eigenvalue weighted by atomic mass is 32.2. The van der Waals surface area contributed by atoms with Crippen LogP contribution in [0.1, 0.15) is 18.9 Å². The smallest absolute Gasteiger partial charge is 0.327 e. The quantitative estimate of drug-likeness (QED) is 0.802. The van der Waals surface area contributed by atoms with Crippen molar-refractivity contribution in [3.8, 4) is 0 Å². The molecular formula is C11H17N3OS. The average molecular weight is 239 g/mol. The normalized spacial score (nSPS) is 9.88. The van der Waals surface area contributed by atoms with Gasteiger partial charge in [-0.05, 0) is 30.0 Å². The highest BCUT2D eigenvalue weighted by molar-refractivity contribution is 7.96. The third-order valence-corrected chi connectivity index (χ3v) is 3.10. The molecule has 16 heavy (non-hydrogen) atoms.